The maximum absolute atomic E-state index is 13.0. The van der Waals surface area contributed by atoms with Gasteiger partial charge in [-0.25, -0.2) is 9.38 Å². The van der Waals surface area contributed by atoms with Crippen molar-refractivity contribution >= 4 is 47.2 Å². The lowest BCUT2D eigenvalue weighted by atomic mass is 10.2. The summed E-state index contributed by atoms with van der Waals surface area (Å²) in [7, 11) is 0. The average Bonchev–Trinajstić information content (AvgIpc) is 2.68. The van der Waals surface area contributed by atoms with Gasteiger partial charge in [-0.05, 0) is 36.4 Å². The first-order chi connectivity index (χ1) is 12.6. The molecule has 0 saturated carbocycles. The van der Waals surface area contributed by atoms with Gasteiger partial charge in [0.2, 0.25) is 5.91 Å². The highest BCUT2D eigenvalue weighted by Crippen LogP contribution is 2.16. The van der Waals surface area contributed by atoms with Crippen LogP contribution in [-0.2, 0) is 4.79 Å². The van der Waals surface area contributed by atoms with Crippen molar-refractivity contribution in [2.75, 3.05) is 42.9 Å². The SMILES string of the molecule is I.NC(=NCC(=O)Nc1cccnc1)N1CCN(c2ccc(F)cc2)CC1. The number of nitrogens with two attached hydrogens (primary N) is 1. The summed E-state index contributed by atoms with van der Waals surface area (Å²) in [6.07, 6.45) is 3.21. The zero-order valence-electron chi connectivity index (χ0n) is 14.7. The molecule has 0 bridgehead atoms. The normalized spacial score (nSPS) is 14.5. The Morgan fingerprint density at radius 2 is 1.89 bits per heavy atom. The van der Waals surface area contributed by atoms with E-state index in [9.17, 15) is 9.18 Å². The molecule has 3 rings (SSSR count). The van der Waals surface area contributed by atoms with Crippen LogP contribution in [0.3, 0.4) is 0 Å². The molecule has 2 aromatic rings. The van der Waals surface area contributed by atoms with Gasteiger partial charge in [0, 0.05) is 38.1 Å². The Kier molecular flexibility index (Phi) is 7.77. The third-order valence-electron chi connectivity index (χ3n) is 4.13. The lowest BCUT2D eigenvalue weighted by Crippen LogP contribution is -2.51. The Bertz CT molecular complexity index is 763. The van der Waals surface area contributed by atoms with Crippen LogP contribution in [0, 0.1) is 5.82 Å². The molecule has 1 fully saturated rings. The highest BCUT2D eigenvalue weighted by molar-refractivity contribution is 14.0. The van der Waals surface area contributed by atoms with E-state index in [-0.39, 0.29) is 42.2 Å². The number of nitrogens with zero attached hydrogens (tertiary/aromatic N) is 4. The van der Waals surface area contributed by atoms with Crippen LogP contribution in [0.1, 0.15) is 0 Å². The predicted octanol–water partition coefficient (Wildman–Crippen LogP) is 1.91. The summed E-state index contributed by atoms with van der Waals surface area (Å²) >= 11 is 0. The van der Waals surface area contributed by atoms with Crippen LogP contribution in [0.15, 0.2) is 53.8 Å². The van der Waals surface area contributed by atoms with E-state index in [0.29, 0.717) is 24.7 Å². The first-order valence-corrected chi connectivity index (χ1v) is 8.37. The van der Waals surface area contributed by atoms with Crippen LogP contribution in [0.4, 0.5) is 15.8 Å². The molecule has 0 unspecified atom stereocenters. The van der Waals surface area contributed by atoms with Gasteiger partial charge in [-0.1, -0.05) is 0 Å². The standard InChI is InChI=1S/C18H21FN6O.HI/c19-14-3-5-16(6-4-14)24-8-10-25(11-9-24)18(20)22-13-17(26)23-15-2-1-7-21-12-15;/h1-7,12H,8-11,13H2,(H2,20,22)(H,23,26);1H. The predicted molar refractivity (Wildman–Crippen MR) is 115 cm³/mol. The zero-order valence-corrected chi connectivity index (χ0v) is 17.0. The van der Waals surface area contributed by atoms with Crippen molar-refractivity contribution in [3.63, 3.8) is 0 Å². The fourth-order valence-electron chi connectivity index (χ4n) is 2.74. The molecule has 1 aromatic carbocycles. The topological polar surface area (TPSA) is 86.8 Å². The first kappa shape index (κ1) is 20.9. The fourth-order valence-corrected chi connectivity index (χ4v) is 2.74. The van der Waals surface area contributed by atoms with Crippen molar-refractivity contribution in [3.8, 4) is 0 Å². The smallest absolute Gasteiger partial charge is 0.246 e. The Labute approximate surface area is 174 Å². The van der Waals surface area contributed by atoms with Crippen molar-refractivity contribution < 1.29 is 9.18 Å². The van der Waals surface area contributed by atoms with Crippen molar-refractivity contribution in [1.29, 1.82) is 0 Å². The van der Waals surface area contributed by atoms with Crippen LogP contribution >= 0.6 is 24.0 Å². The number of guanidine groups is 1. The van der Waals surface area contributed by atoms with Gasteiger partial charge in [-0.15, -0.1) is 24.0 Å². The van der Waals surface area contributed by atoms with Gasteiger partial charge in [-0.3, -0.25) is 9.78 Å². The minimum Gasteiger partial charge on any atom is -0.370 e. The molecule has 3 N–H and O–H groups in total. The molecule has 7 nitrogen and oxygen atoms in total. The van der Waals surface area contributed by atoms with Gasteiger partial charge in [0.1, 0.15) is 12.4 Å². The number of hydrogen-bond acceptors (Lipinski definition) is 4. The van der Waals surface area contributed by atoms with Crippen molar-refractivity contribution in [2.45, 2.75) is 0 Å². The fraction of sp³-hybridized carbons (Fsp3) is 0.278. The van der Waals surface area contributed by atoms with Gasteiger partial charge in [0.05, 0.1) is 11.9 Å². The second-order valence-corrected chi connectivity index (χ2v) is 5.91. The van der Waals surface area contributed by atoms with Crippen LogP contribution in [-0.4, -0.2) is 54.5 Å². The summed E-state index contributed by atoms with van der Waals surface area (Å²) in [5.74, 6) is -0.135. The second-order valence-electron chi connectivity index (χ2n) is 5.91. The largest absolute Gasteiger partial charge is 0.370 e. The average molecular weight is 484 g/mol. The molecule has 0 aliphatic carbocycles. The highest BCUT2D eigenvalue weighted by Gasteiger charge is 2.18. The van der Waals surface area contributed by atoms with Crippen molar-refractivity contribution in [3.05, 3.63) is 54.6 Å². The van der Waals surface area contributed by atoms with Gasteiger partial charge in [0.15, 0.2) is 5.96 Å². The number of benzene rings is 1. The van der Waals surface area contributed by atoms with E-state index in [1.807, 2.05) is 4.90 Å². The molecule has 1 aliphatic rings. The second kappa shape index (κ2) is 10.0. The molecule has 1 amide bonds. The number of aliphatic imine (C=N–C) groups is 1. The van der Waals surface area contributed by atoms with E-state index in [0.717, 1.165) is 18.8 Å². The molecule has 0 radical (unpaired) electrons. The summed E-state index contributed by atoms with van der Waals surface area (Å²) in [6, 6.07) is 9.95. The number of rotatable bonds is 4. The summed E-state index contributed by atoms with van der Waals surface area (Å²) in [6.45, 7) is 2.85. The molecule has 1 saturated heterocycles. The lowest BCUT2D eigenvalue weighted by molar-refractivity contribution is -0.114. The molecular weight excluding hydrogens is 462 g/mol. The number of aromatic nitrogens is 1. The summed E-state index contributed by atoms with van der Waals surface area (Å²) in [4.78, 5) is 24.1. The van der Waals surface area contributed by atoms with Crippen LogP contribution in [0.5, 0.6) is 0 Å². The molecule has 0 spiro atoms. The highest BCUT2D eigenvalue weighted by atomic mass is 127. The minimum absolute atomic E-state index is 0. The number of carbonyl (C=O) groups is 1. The summed E-state index contributed by atoms with van der Waals surface area (Å²) in [5, 5.41) is 2.71. The lowest BCUT2D eigenvalue weighted by Gasteiger charge is -2.36. The third-order valence-corrected chi connectivity index (χ3v) is 4.13. The van der Waals surface area contributed by atoms with Crippen LogP contribution in [0.25, 0.3) is 0 Å². The monoisotopic (exact) mass is 484 g/mol. The van der Waals surface area contributed by atoms with Crippen LogP contribution in [0.2, 0.25) is 0 Å². The minimum atomic E-state index is -0.245. The van der Waals surface area contributed by atoms with Gasteiger partial charge in [0.25, 0.3) is 0 Å². The van der Waals surface area contributed by atoms with Gasteiger partial charge in [-0.2, -0.15) is 0 Å². The molecule has 9 heteroatoms. The number of hydrogen-bond donors (Lipinski definition) is 2. The molecule has 27 heavy (non-hydrogen) atoms. The Morgan fingerprint density at radius 1 is 1.19 bits per heavy atom. The number of nitrogens with one attached hydrogen (secondary N) is 1. The summed E-state index contributed by atoms with van der Waals surface area (Å²) < 4.78 is 13.0. The molecule has 0 atom stereocenters. The molecule has 144 valence electrons. The Balaban J connectivity index is 0.00000261. The van der Waals surface area contributed by atoms with E-state index in [1.165, 1.54) is 12.1 Å². The maximum atomic E-state index is 13.0. The zero-order chi connectivity index (χ0) is 18.4. The van der Waals surface area contributed by atoms with Gasteiger partial charge < -0.3 is 20.9 Å². The quantitative estimate of drug-likeness (QED) is 0.394. The number of anilines is 2. The molecule has 1 aliphatic heterocycles. The van der Waals surface area contributed by atoms with E-state index < -0.39 is 0 Å². The van der Waals surface area contributed by atoms with Gasteiger partial charge >= 0.3 is 0 Å². The number of carbonyl (C=O) groups excluding carboxylic acids is 1. The third kappa shape index (κ3) is 6.05. The van der Waals surface area contributed by atoms with E-state index in [1.54, 1.807) is 36.7 Å². The molecule has 1 aromatic heterocycles. The summed E-state index contributed by atoms with van der Waals surface area (Å²) in [5.41, 5.74) is 7.62. The molecule has 2 heterocycles. The Morgan fingerprint density at radius 3 is 2.52 bits per heavy atom. The Hall–Kier alpha value is -2.43. The van der Waals surface area contributed by atoms with E-state index >= 15 is 0 Å². The first-order valence-electron chi connectivity index (χ1n) is 8.37. The number of amides is 1. The van der Waals surface area contributed by atoms with Crippen molar-refractivity contribution in [1.82, 2.24) is 9.88 Å². The van der Waals surface area contributed by atoms with Crippen LogP contribution < -0.4 is 16.0 Å². The number of pyridine rings is 1. The van der Waals surface area contributed by atoms with E-state index in [2.05, 4.69) is 20.2 Å². The maximum Gasteiger partial charge on any atom is 0.246 e. The molecular formula is C18H22FIN6O. The van der Waals surface area contributed by atoms with E-state index in [4.69, 9.17) is 5.73 Å². The van der Waals surface area contributed by atoms with Crippen molar-refractivity contribution in [2.24, 2.45) is 10.7 Å². The number of piperazine rings is 1. The number of halogens is 2.